The molecule has 4 nitrogen and oxygen atoms in total. The molecule has 1 unspecified atom stereocenters. The zero-order chi connectivity index (χ0) is 12.5. The molecule has 2 aromatic heterocycles. The molecule has 0 amide bonds. The van der Waals surface area contributed by atoms with Gasteiger partial charge in [-0.2, -0.15) is 4.98 Å². The first-order valence-electron chi connectivity index (χ1n) is 6.41. The highest BCUT2D eigenvalue weighted by Crippen LogP contribution is 2.35. The molecule has 1 atom stereocenters. The first kappa shape index (κ1) is 11.9. The second-order valence-corrected chi connectivity index (χ2v) is 5.78. The largest absolute Gasteiger partial charge is 0.385 e. The van der Waals surface area contributed by atoms with Gasteiger partial charge in [-0.3, -0.25) is 0 Å². The van der Waals surface area contributed by atoms with Crippen LogP contribution in [0.25, 0.3) is 10.8 Å². The molecular formula is C13H16N2O2S. The van der Waals surface area contributed by atoms with Crippen molar-refractivity contribution in [3.63, 3.8) is 0 Å². The van der Waals surface area contributed by atoms with Crippen LogP contribution in [-0.4, -0.2) is 15.2 Å². The fourth-order valence-corrected chi connectivity index (χ4v) is 3.42. The Kier molecular flexibility index (Phi) is 3.18. The maximum atomic E-state index is 9.67. The van der Waals surface area contributed by atoms with E-state index in [4.69, 9.17) is 4.52 Å². The Hall–Kier alpha value is -1.20. The summed E-state index contributed by atoms with van der Waals surface area (Å²) in [5.41, 5.74) is 1.43. The van der Waals surface area contributed by atoms with Crippen molar-refractivity contribution < 1.29 is 9.63 Å². The number of aliphatic hydroxyl groups excluding tert-OH is 1. The zero-order valence-corrected chi connectivity index (χ0v) is 11.2. The smallest absolute Gasteiger partial charge is 0.268 e. The van der Waals surface area contributed by atoms with Crippen LogP contribution >= 0.6 is 11.3 Å². The second kappa shape index (κ2) is 4.82. The van der Waals surface area contributed by atoms with E-state index in [1.165, 1.54) is 29.7 Å². The molecule has 3 rings (SSSR count). The van der Waals surface area contributed by atoms with E-state index in [0.29, 0.717) is 18.1 Å². The van der Waals surface area contributed by atoms with E-state index in [0.717, 1.165) is 11.3 Å². The van der Waals surface area contributed by atoms with Crippen LogP contribution in [-0.2, 0) is 12.8 Å². The first-order valence-corrected chi connectivity index (χ1v) is 7.23. The molecule has 0 bridgehead atoms. The molecule has 96 valence electrons. The fourth-order valence-electron chi connectivity index (χ4n) is 2.25. The van der Waals surface area contributed by atoms with Crippen molar-refractivity contribution in [3.05, 3.63) is 22.3 Å². The van der Waals surface area contributed by atoms with Crippen LogP contribution in [0, 0.1) is 0 Å². The molecule has 2 aromatic rings. The zero-order valence-electron chi connectivity index (χ0n) is 10.3. The molecule has 1 aliphatic rings. The van der Waals surface area contributed by atoms with Gasteiger partial charge in [0.05, 0.1) is 4.88 Å². The van der Waals surface area contributed by atoms with Crippen LogP contribution in [0.15, 0.2) is 10.6 Å². The molecule has 0 fully saturated rings. The van der Waals surface area contributed by atoms with Crippen LogP contribution in [0.4, 0.5) is 0 Å². The van der Waals surface area contributed by atoms with Gasteiger partial charge in [0.2, 0.25) is 5.82 Å². The van der Waals surface area contributed by atoms with Crippen molar-refractivity contribution in [3.8, 4) is 10.8 Å². The normalized spacial score (nSPS) is 16.6. The summed E-state index contributed by atoms with van der Waals surface area (Å²) in [6, 6.07) is 2.16. The number of nitrogens with zero attached hydrogens (tertiary/aromatic N) is 2. The van der Waals surface area contributed by atoms with Crippen LogP contribution in [0.2, 0.25) is 0 Å². The topological polar surface area (TPSA) is 59.2 Å². The minimum absolute atomic E-state index is 0.388. The third kappa shape index (κ3) is 2.08. The highest BCUT2D eigenvalue weighted by molar-refractivity contribution is 7.15. The lowest BCUT2D eigenvalue weighted by Crippen LogP contribution is -1.97. The number of hydrogen-bond donors (Lipinski definition) is 1. The lowest BCUT2D eigenvalue weighted by Gasteiger charge is -2.08. The highest BCUT2D eigenvalue weighted by Gasteiger charge is 2.19. The van der Waals surface area contributed by atoms with Gasteiger partial charge in [0.1, 0.15) is 6.10 Å². The molecule has 0 aromatic carbocycles. The Morgan fingerprint density at radius 2 is 2.28 bits per heavy atom. The van der Waals surface area contributed by atoms with Gasteiger partial charge in [0.25, 0.3) is 5.89 Å². The van der Waals surface area contributed by atoms with E-state index in [2.05, 4.69) is 16.2 Å². The number of fused-ring (bicyclic) bond motifs is 1. The van der Waals surface area contributed by atoms with Crippen molar-refractivity contribution in [2.24, 2.45) is 0 Å². The van der Waals surface area contributed by atoms with Gasteiger partial charge in [-0.1, -0.05) is 12.1 Å². The summed E-state index contributed by atoms with van der Waals surface area (Å²) in [5.74, 6) is 0.927. The predicted octanol–water partition coefficient (Wildman–Crippen LogP) is 3.12. The summed E-state index contributed by atoms with van der Waals surface area (Å²) in [6.07, 6.45) is 4.84. The molecule has 2 heterocycles. The Bertz CT molecular complexity index is 523. The molecular weight excluding hydrogens is 248 g/mol. The van der Waals surface area contributed by atoms with Crippen LogP contribution < -0.4 is 0 Å². The Balaban J connectivity index is 1.90. The quantitative estimate of drug-likeness (QED) is 0.925. The number of thiophene rings is 1. The van der Waals surface area contributed by atoms with Gasteiger partial charge >= 0.3 is 0 Å². The van der Waals surface area contributed by atoms with Crippen LogP contribution in [0.3, 0.4) is 0 Å². The van der Waals surface area contributed by atoms with E-state index >= 15 is 0 Å². The van der Waals surface area contributed by atoms with Gasteiger partial charge in [0, 0.05) is 4.88 Å². The predicted molar refractivity (Wildman–Crippen MR) is 69.5 cm³/mol. The van der Waals surface area contributed by atoms with Crippen molar-refractivity contribution in [2.75, 3.05) is 0 Å². The molecule has 5 heteroatoms. The minimum atomic E-state index is -0.628. The lowest BCUT2D eigenvalue weighted by atomic mass is 9.99. The summed E-state index contributed by atoms with van der Waals surface area (Å²) in [4.78, 5) is 6.76. The summed E-state index contributed by atoms with van der Waals surface area (Å²) in [6.45, 7) is 1.89. The first-order chi connectivity index (χ1) is 8.78. The molecule has 1 aliphatic carbocycles. The standard InChI is InChI=1S/C13H16N2O2S/c1-2-9(16)12-14-13(17-15-12)11-7-8-5-3-4-6-10(8)18-11/h7,9,16H,2-6H2,1H3. The SMILES string of the molecule is CCC(O)c1noc(-c2cc3c(s2)CCCC3)n1. The fraction of sp³-hybridized carbons (Fsp3) is 0.538. The lowest BCUT2D eigenvalue weighted by molar-refractivity contribution is 0.159. The summed E-state index contributed by atoms with van der Waals surface area (Å²) < 4.78 is 5.24. The Morgan fingerprint density at radius 1 is 1.44 bits per heavy atom. The number of aliphatic hydroxyl groups is 1. The monoisotopic (exact) mass is 264 g/mol. The average Bonchev–Trinajstić information content (AvgIpc) is 3.03. The van der Waals surface area contributed by atoms with Crippen LogP contribution in [0.1, 0.15) is 48.6 Å². The summed E-state index contributed by atoms with van der Waals surface area (Å²) in [5, 5.41) is 13.5. The van der Waals surface area contributed by atoms with E-state index in [9.17, 15) is 5.11 Å². The molecule has 0 saturated heterocycles. The maximum absolute atomic E-state index is 9.67. The number of rotatable bonds is 3. The van der Waals surface area contributed by atoms with Gasteiger partial charge in [-0.05, 0) is 43.7 Å². The summed E-state index contributed by atoms with van der Waals surface area (Å²) >= 11 is 1.74. The molecule has 0 radical (unpaired) electrons. The van der Waals surface area contributed by atoms with Crippen molar-refractivity contribution >= 4 is 11.3 Å². The number of hydrogen-bond acceptors (Lipinski definition) is 5. The van der Waals surface area contributed by atoms with Crippen LogP contribution in [0.5, 0.6) is 0 Å². The number of aromatic nitrogens is 2. The number of aryl methyl sites for hydroxylation is 2. The van der Waals surface area contributed by atoms with Gasteiger partial charge in [0.15, 0.2) is 0 Å². The van der Waals surface area contributed by atoms with E-state index in [1.54, 1.807) is 11.3 Å². The summed E-state index contributed by atoms with van der Waals surface area (Å²) in [7, 11) is 0. The van der Waals surface area contributed by atoms with E-state index in [-0.39, 0.29) is 0 Å². The average molecular weight is 264 g/mol. The van der Waals surface area contributed by atoms with Crippen molar-refractivity contribution in [1.29, 1.82) is 0 Å². The van der Waals surface area contributed by atoms with Crippen molar-refractivity contribution in [1.82, 2.24) is 10.1 Å². The maximum Gasteiger partial charge on any atom is 0.268 e. The minimum Gasteiger partial charge on any atom is -0.385 e. The Morgan fingerprint density at radius 3 is 3.06 bits per heavy atom. The second-order valence-electron chi connectivity index (χ2n) is 4.65. The molecule has 18 heavy (non-hydrogen) atoms. The van der Waals surface area contributed by atoms with Gasteiger partial charge < -0.3 is 9.63 Å². The van der Waals surface area contributed by atoms with Crippen molar-refractivity contribution in [2.45, 2.75) is 45.1 Å². The van der Waals surface area contributed by atoms with E-state index in [1.807, 2.05) is 6.92 Å². The Labute approximate surface area is 110 Å². The van der Waals surface area contributed by atoms with Gasteiger partial charge in [-0.25, -0.2) is 0 Å². The third-order valence-electron chi connectivity index (χ3n) is 3.33. The highest BCUT2D eigenvalue weighted by atomic mass is 32.1. The molecule has 0 aliphatic heterocycles. The third-order valence-corrected chi connectivity index (χ3v) is 4.56. The molecule has 0 spiro atoms. The van der Waals surface area contributed by atoms with Gasteiger partial charge in [-0.15, -0.1) is 11.3 Å². The molecule has 1 N–H and O–H groups in total. The van der Waals surface area contributed by atoms with E-state index < -0.39 is 6.10 Å². The molecule has 0 saturated carbocycles.